The van der Waals surface area contributed by atoms with Crippen LogP contribution in [0, 0.1) is 6.92 Å². The lowest BCUT2D eigenvalue weighted by molar-refractivity contribution is -0.121. The van der Waals surface area contributed by atoms with Gasteiger partial charge in [0.05, 0.1) is 26.0 Å². The summed E-state index contributed by atoms with van der Waals surface area (Å²) in [5.74, 6) is 0.549. The van der Waals surface area contributed by atoms with Crippen molar-refractivity contribution in [2.24, 2.45) is 0 Å². The summed E-state index contributed by atoms with van der Waals surface area (Å²) in [6, 6.07) is 23.7. The molecule has 1 atom stereocenters. The maximum atomic E-state index is 13.7. The van der Waals surface area contributed by atoms with Crippen LogP contribution in [0.3, 0.4) is 0 Å². The number of hydrogen-bond donors (Lipinski definition) is 1. The van der Waals surface area contributed by atoms with E-state index in [4.69, 9.17) is 9.47 Å². The Bertz CT molecular complexity index is 1100. The summed E-state index contributed by atoms with van der Waals surface area (Å²) < 4.78 is 11.0. The van der Waals surface area contributed by atoms with Gasteiger partial charge in [-0.25, -0.2) is 0 Å². The first-order valence-electron chi connectivity index (χ1n) is 11.7. The number of ether oxygens (including phenoxy) is 2. The quantitative estimate of drug-likeness (QED) is 0.531. The van der Waals surface area contributed by atoms with Crippen LogP contribution in [0.5, 0.6) is 5.75 Å². The largest absolute Gasteiger partial charge is 0.495 e. The number of nitrogens with one attached hydrogen (secondary N) is 1. The first-order valence-corrected chi connectivity index (χ1v) is 11.7. The molecule has 1 saturated heterocycles. The monoisotopic (exact) mass is 459 g/mol. The normalized spacial score (nSPS) is 14.6. The molecular weight excluding hydrogens is 426 g/mol. The second-order valence-electron chi connectivity index (χ2n) is 8.65. The highest BCUT2D eigenvalue weighted by molar-refractivity contribution is 5.96. The Hall–Kier alpha value is -3.35. The summed E-state index contributed by atoms with van der Waals surface area (Å²) >= 11 is 0. The second-order valence-corrected chi connectivity index (χ2v) is 8.65. The van der Waals surface area contributed by atoms with Crippen LogP contribution in [0.2, 0.25) is 0 Å². The highest BCUT2D eigenvalue weighted by atomic mass is 16.5. The SMILES string of the molecule is COc1ccc(C)cc1NC(=O)C(c1ccccc1)N(C)Cc1ccccc1N1CCOCC1. The molecule has 0 saturated carbocycles. The summed E-state index contributed by atoms with van der Waals surface area (Å²) in [6.07, 6.45) is 0. The maximum absolute atomic E-state index is 13.7. The van der Waals surface area contributed by atoms with Crippen LogP contribution in [-0.4, -0.2) is 51.3 Å². The average Bonchev–Trinajstić information content (AvgIpc) is 2.86. The van der Waals surface area contributed by atoms with E-state index >= 15 is 0 Å². The molecule has 1 aliphatic heterocycles. The maximum Gasteiger partial charge on any atom is 0.246 e. The Kier molecular flexibility index (Phi) is 7.83. The Morgan fingerprint density at radius 1 is 1.06 bits per heavy atom. The van der Waals surface area contributed by atoms with Gasteiger partial charge < -0.3 is 19.7 Å². The van der Waals surface area contributed by atoms with Crippen LogP contribution in [0.4, 0.5) is 11.4 Å². The van der Waals surface area contributed by atoms with Gasteiger partial charge >= 0.3 is 0 Å². The van der Waals surface area contributed by atoms with Crippen LogP contribution in [-0.2, 0) is 16.1 Å². The number of rotatable bonds is 8. The molecule has 6 heteroatoms. The van der Waals surface area contributed by atoms with Gasteiger partial charge in [-0.15, -0.1) is 0 Å². The van der Waals surface area contributed by atoms with E-state index in [9.17, 15) is 4.79 Å². The minimum atomic E-state index is -0.468. The molecule has 0 bridgehead atoms. The van der Waals surface area contributed by atoms with E-state index < -0.39 is 6.04 Å². The molecule has 1 amide bonds. The van der Waals surface area contributed by atoms with Crippen LogP contribution >= 0.6 is 0 Å². The highest BCUT2D eigenvalue weighted by Crippen LogP contribution is 2.30. The van der Waals surface area contributed by atoms with Crippen molar-refractivity contribution in [3.63, 3.8) is 0 Å². The number of aryl methyl sites for hydroxylation is 1. The molecule has 6 nitrogen and oxygen atoms in total. The number of anilines is 2. The summed E-state index contributed by atoms with van der Waals surface area (Å²) in [5.41, 5.74) is 5.06. The Morgan fingerprint density at radius 3 is 2.50 bits per heavy atom. The van der Waals surface area contributed by atoms with Crippen LogP contribution in [0.1, 0.15) is 22.7 Å². The molecule has 0 aliphatic carbocycles. The van der Waals surface area contributed by atoms with Gasteiger partial charge in [0.1, 0.15) is 11.8 Å². The number of likely N-dealkylation sites (N-methyl/N-ethyl adjacent to an activating group) is 1. The first kappa shape index (κ1) is 23.8. The molecule has 34 heavy (non-hydrogen) atoms. The second kappa shape index (κ2) is 11.2. The fraction of sp³-hybridized carbons (Fsp3) is 0.321. The minimum Gasteiger partial charge on any atom is -0.495 e. The molecule has 3 aromatic carbocycles. The van der Waals surface area contributed by atoms with Crippen molar-refractivity contribution in [2.75, 3.05) is 50.7 Å². The van der Waals surface area contributed by atoms with Crippen molar-refractivity contribution in [1.82, 2.24) is 4.90 Å². The fourth-order valence-electron chi connectivity index (χ4n) is 4.48. The third kappa shape index (κ3) is 5.58. The van der Waals surface area contributed by atoms with E-state index in [0.29, 0.717) is 18.0 Å². The smallest absolute Gasteiger partial charge is 0.246 e. The van der Waals surface area contributed by atoms with E-state index in [1.165, 1.54) is 11.3 Å². The van der Waals surface area contributed by atoms with Crippen molar-refractivity contribution in [3.8, 4) is 5.75 Å². The molecule has 178 valence electrons. The molecule has 3 aromatic rings. The van der Waals surface area contributed by atoms with Gasteiger partial charge in [-0.05, 0) is 48.9 Å². The van der Waals surface area contributed by atoms with Gasteiger partial charge in [0.15, 0.2) is 0 Å². The number of morpholine rings is 1. The van der Waals surface area contributed by atoms with E-state index in [2.05, 4.69) is 39.4 Å². The Labute approximate surface area is 202 Å². The number of carbonyl (C=O) groups excluding carboxylic acids is 1. The zero-order valence-corrected chi connectivity index (χ0v) is 20.2. The molecule has 4 rings (SSSR count). The van der Waals surface area contributed by atoms with E-state index in [1.54, 1.807) is 7.11 Å². The van der Waals surface area contributed by atoms with Gasteiger partial charge in [0, 0.05) is 25.3 Å². The van der Waals surface area contributed by atoms with Crippen molar-refractivity contribution < 1.29 is 14.3 Å². The van der Waals surface area contributed by atoms with Crippen molar-refractivity contribution in [2.45, 2.75) is 19.5 Å². The van der Waals surface area contributed by atoms with Gasteiger partial charge in [-0.2, -0.15) is 0 Å². The highest BCUT2D eigenvalue weighted by Gasteiger charge is 2.27. The van der Waals surface area contributed by atoms with E-state index in [1.807, 2.05) is 62.5 Å². The summed E-state index contributed by atoms with van der Waals surface area (Å²) in [4.78, 5) is 18.1. The lowest BCUT2D eigenvalue weighted by Gasteiger charge is -2.33. The van der Waals surface area contributed by atoms with Gasteiger partial charge in [0.25, 0.3) is 0 Å². The number of benzene rings is 3. The number of amides is 1. The average molecular weight is 460 g/mol. The number of methoxy groups -OCH3 is 1. The lowest BCUT2D eigenvalue weighted by atomic mass is 10.0. The van der Waals surface area contributed by atoms with Gasteiger partial charge in [-0.3, -0.25) is 9.69 Å². The van der Waals surface area contributed by atoms with E-state index in [0.717, 1.165) is 37.4 Å². The summed E-state index contributed by atoms with van der Waals surface area (Å²) in [6.45, 7) is 5.84. The predicted octanol–water partition coefficient (Wildman–Crippen LogP) is 4.65. The number of carbonyl (C=O) groups is 1. The molecule has 0 radical (unpaired) electrons. The van der Waals surface area contributed by atoms with Crippen molar-refractivity contribution in [3.05, 3.63) is 89.5 Å². The van der Waals surface area contributed by atoms with Crippen LogP contribution in [0.25, 0.3) is 0 Å². The van der Waals surface area contributed by atoms with Crippen molar-refractivity contribution >= 4 is 17.3 Å². The molecule has 1 aliphatic rings. The van der Waals surface area contributed by atoms with Crippen molar-refractivity contribution in [1.29, 1.82) is 0 Å². The third-order valence-electron chi connectivity index (χ3n) is 6.18. The molecule has 1 fully saturated rings. The standard InChI is InChI=1S/C28H33N3O3/c1-21-13-14-26(33-3)24(19-21)29-28(32)27(22-9-5-4-6-10-22)30(2)20-23-11-7-8-12-25(23)31-15-17-34-18-16-31/h4-14,19,27H,15-18,20H2,1-3H3,(H,29,32). The molecule has 0 spiro atoms. The van der Waals surface area contributed by atoms with Crippen LogP contribution in [0.15, 0.2) is 72.8 Å². The number of nitrogens with zero attached hydrogens (tertiary/aromatic N) is 2. The summed E-state index contributed by atoms with van der Waals surface area (Å²) in [7, 11) is 3.62. The zero-order chi connectivity index (χ0) is 23.9. The summed E-state index contributed by atoms with van der Waals surface area (Å²) in [5, 5.41) is 3.11. The van der Waals surface area contributed by atoms with Crippen LogP contribution < -0.4 is 15.0 Å². The molecule has 1 unspecified atom stereocenters. The number of hydrogen-bond acceptors (Lipinski definition) is 5. The zero-order valence-electron chi connectivity index (χ0n) is 20.2. The fourth-order valence-corrected chi connectivity index (χ4v) is 4.48. The Morgan fingerprint density at radius 2 is 1.76 bits per heavy atom. The molecule has 1 N–H and O–H groups in total. The van der Waals surface area contributed by atoms with Gasteiger partial charge in [0.2, 0.25) is 5.91 Å². The first-order chi connectivity index (χ1) is 16.6. The molecular formula is C28H33N3O3. The number of para-hydroxylation sites is 1. The third-order valence-corrected chi connectivity index (χ3v) is 6.18. The minimum absolute atomic E-state index is 0.0959. The molecule has 0 aromatic heterocycles. The van der Waals surface area contributed by atoms with Gasteiger partial charge in [-0.1, -0.05) is 54.6 Å². The topological polar surface area (TPSA) is 54.0 Å². The van der Waals surface area contributed by atoms with E-state index in [-0.39, 0.29) is 5.91 Å². The predicted molar refractivity (Wildman–Crippen MR) is 136 cm³/mol. The lowest BCUT2D eigenvalue weighted by Crippen LogP contribution is -2.38. The Balaban J connectivity index is 1.61. The molecule has 1 heterocycles.